The van der Waals surface area contributed by atoms with Crippen LogP contribution in [-0.2, 0) is 14.4 Å². The Hall–Kier alpha value is -1.19. The number of likely N-dealkylation sites (tertiary alicyclic amines) is 1. The van der Waals surface area contributed by atoms with Crippen LogP contribution in [0, 0.1) is 22.2 Å². The van der Waals surface area contributed by atoms with Gasteiger partial charge in [0, 0.05) is 23.3 Å². The van der Waals surface area contributed by atoms with Gasteiger partial charge >= 0.3 is 0 Å². The quantitative estimate of drug-likeness (QED) is 0.750. The molecule has 0 aromatic carbocycles. The Kier molecular flexibility index (Phi) is 4.69. The minimum atomic E-state index is -0.768. The molecule has 22 heavy (non-hydrogen) atoms. The van der Waals surface area contributed by atoms with Crippen molar-refractivity contribution in [2.24, 2.45) is 22.2 Å². The first-order valence-corrected chi connectivity index (χ1v) is 8.02. The highest BCUT2D eigenvalue weighted by Gasteiger charge is 2.51. The molecule has 0 spiro atoms. The summed E-state index contributed by atoms with van der Waals surface area (Å²) in [7, 11) is 0. The normalized spacial score (nSPS) is 22.2. The summed E-state index contributed by atoms with van der Waals surface area (Å²) < 4.78 is 0. The Morgan fingerprint density at radius 1 is 1.05 bits per heavy atom. The second kappa shape index (κ2) is 5.47. The summed E-state index contributed by atoms with van der Waals surface area (Å²) in [4.78, 5) is 39.2. The van der Waals surface area contributed by atoms with Crippen molar-refractivity contribution in [2.45, 2.75) is 74.8 Å². The van der Waals surface area contributed by atoms with Crippen molar-refractivity contribution >= 4 is 17.6 Å². The maximum absolute atomic E-state index is 12.7. The van der Waals surface area contributed by atoms with Crippen molar-refractivity contribution in [3.8, 4) is 0 Å². The number of Topliss-reactive ketones (excluding diaryl/α,β-unsaturated/α-hetero) is 1. The van der Waals surface area contributed by atoms with Crippen LogP contribution in [0.5, 0.6) is 0 Å². The Balaban J connectivity index is 3.13. The standard InChI is InChI=1S/C18H31NO3/c1-11(18(8,9)15(22)17(5,6)7)19-13(20)10-12(14(19)21)16(2,3)4/h11-12H,10H2,1-9H3. The van der Waals surface area contributed by atoms with E-state index in [1.165, 1.54) is 4.90 Å². The number of imide groups is 1. The van der Waals surface area contributed by atoms with E-state index < -0.39 is 16.9 Å². The number of amides is 2. The fraction of sp³-hybridized carbons (Fsp3) is 0.833. The molecule has 1 rings (SSSR count). The Labute approximate surface area is 134 Å². The lowest BCUT2D eigenvalue weighted by atomic mass is 9.70. The van der Waals surface area contributed by atoms with Gasteiger partial charge in [-0.3, -0.25) is 19.3 Å². The molecule has 2 atom stereocenters. The van der Waals surface area contributed by atoms with E-state index >= 15 is 0 Å². The number of carbonyl (C=O) groups excluding carboxylic acids is 3. The molecule has 126 valence electrons. The summed E-state index contributed by atoms with van der Waals surface area (Å²) in [5.74, 6) is -0.540. The van der Waals surface area contributed by atoms with Gasteiger partial charge in [-0.1, -0.05) is 55.4 Å². The van der Waals surface area contributed by atoms with Crippen molar-refractivity contribution in [3.63, 3.8) is 0 Å². The van der Waals surface area contributed by atoms with Crippen LogP contribution in [0.4, 0.5) is 0 Å². The van der Waals surface area contributed by atoms with Crippen LogP contribution in [0.15, 0.2) is 0 Å². The van der Waals surface area contributed by atoms with Gasteiger partial charge < -0.3 is 0 Å². The van der Waals surface area contributed by atoms with Crippen LogP contribution < -0.4 is 0 Å². The largest absolute Gasteiger partial charge is 0.298 e. The molecular formula is C18H31NO3. The van der Waals surface area contributed by atoms with Gasteiger partial charge in [0.05, 0.1) is 5.92 Å². The Morgan fingerprint density at radius 3 is 1.82 bits per heavy atom. The lowest BCUT2D eigenvalue weighted by molar-refractivity contribution is -0.149. The molecule has 0 aliphatic carbocycles. The van der Waals surface area contributed by atoms with Crippen molar-refractivity contribution in [3.05, 3.63) is 0 Å². The lowest BCUT2D eigenvalue weighted by Crippen LogP contribution is -2.52. The highest BCUT2D eigenvalue weighted by Crippen LogP contribution is 2.41. The Bertz CT molecular complexity index is 491. The summed E-state index contributed by atoms with van der Waals surface area (Å²) in [6.07, 6.45) is 0.243. The fourth-order valence-electron chi connectivity index (χ4n) is 3.21. The molecule has 0 radical (unpaired) electrons. The third-order valence-corrected chi connectivity index (χ3v) is 4.93. The molecule has 2 amide bonds. The predicted octanol–water partition coefficient (Wildman–Crippen LogP) is 3.44. The van der Waals surface area contributed by atoms with Crippen molar-refractivity contribution in [1.82, 2.24) is 4.90 Å². The summed E-state index contributed by atoms with van der Waals surface area (Å²) in [5.41, 5.74) is -1.53. The summed E-state index contributed by atoms with van der Waals surface area (Å²) >= 11 is 0. The van der Waals surface area contributed by atoms with Gasteiger partial charge in [0.15, 0.2) is 0 Å². The molecule has 0 saturated carbocycles. The van der Waals surface area contributed by atoms with Crippen LogP contribution in [0.2, 0.25) is 0 Å². The minimum absolute atomic E-state index is 0.0623. The minimum Gasteiger partial charge on any atom is -0.298 e. The zero-order valence-corrected chi connectivity index (χ0v) is 15.5. The fourth-order valence-corrected chi connectivity index (χ4v) is 3.21. The van der Waals surface area contributed by atoms with E-state index in [-0.39, 0.29) is 35.4 Å². The van der Waals surface area contributed by atoms with Crippen LogP contribution in [0.3, 0.4) is 0 Å². The van der Waals surface area contributed by atoms with Crippen molar-refractivity contribution in [1.29, 1.82) is 0 Å². The average molecular weight is 309 g/mol. The van der Waals surface area contributed by atoms with E-state index in [1.807, 2.05) is 62.3 Å². The van der Waals surface area contributed by atoms with Gasteiger partial charge in [-0.2, -0.15) is 0 Å². The first-order valence-electron chi connectivity index (χ1n) is 8.02. The number of hydrogen-bond acceptors (Lipinski definition) is 3. The second-order valence-corrected chi connectivity index (χ2v) is 9.20. The number of ketones is 1. The molecule has 0 N–H and O–H groups in total. The number of nitrogens with zero attached hydrogens (tertiary/aromatic N) is 1. The summed E-state index contributed by atoms with van der Waals surface area (Å²) in [6, 6.07) is -0.438. The second-order valence-electron chi connectivity index (χ2n) is 9.20. The van der Waals surface area contributed by atoms with Crippen LogP contribution in [-0.4, -0.2) is 28.5 Å². The van der Waals surface area contributed by atoms with E-state index in [4.69, 9.17) is 0 Å². The highest BCUT2D eigenvalue weighted by molar-refractivity contribution is 6.05. The molecule has 2 unspecified atom stereocenters. The van der Waals surface area contributed by atoms with Crippen LogP contribution in [0.25, 0.3) is 0 Å². The molecule has 1 aliphatic rings. The molecule has 4 nitrogen and oxygen atoms in total. The molecule has 0 aromatic rings. The maximum atomic E-state index is 12.7. The van der Waals surface area contributed by atoms with Gasteiger partial charge in [0.25, 0.3) is 0 Å². The SMILES string of the molecule is CC(N1C(=O)CC(C(C)(C)C)C1=O)C(C)(C)C(=O)C(C)(C)C. The van der Waals surface area contributed by atoms with Gasteiger partial charge in [-0.25, -0.2) is 0 Å². The molecule has 4 heteroatoms. The molecule has 1 heterocycles. The average Bonchev–Trinajstić information content (AvgIpc) is 2.61. The monoisotopic (exact) mass is 309 g/mol. The zero-order valence-electron chi connectivity index (χ0n) is 15.5. The molecule has 1 saturated heterocycles. The number of rotatable bonds is 3. The molecule has 0 bridgehead atoms. The third kappa shape index (κ3) is 3.26. The first kappa shape index (κ1) is 18.9. The van der Waals surface area contributed by atoms with Crippen molar-refractivity contribution < 1.29 is 14.4 Å². The van der Waals surface area contributed by atoms with Gasteiger partial charge in [0.2, 0.25) is 11.8 Å². The lowest BCUT2D eigenvalue weighted by Gasteiger charge is -2.39. The highest BCUT2D eigenvalue weighted by atomic mass is 16.2. The van der Waals surface area contributed by atoms with E-state index in [0.717, 1.165) is 0 Å². The number of hydrogen-bond donors (Lipinski definition) is 0. The first-order chi connectivity index (χ1) is 9.61. The van der Waals surface area contributed by atoms with E-state index in [0.29, 0.717) is 0 Å². The zero-order chi connectivity index (χ0) is 17.7. The van der Waals surface area contributed by atoms with Gasteiger partial charge in [0.1, 0.15) is 5.78 Å². The van der Waals surface area contributed by atoms with Crippen LogP contribution >= 0.6 is 0 Å². The molecule has 1 fully saturated rings. The molecule has 0 aromatic heterocycles. The smallest absolute Gasteiger partial charge is 0.233 e. The number of carbonyl (C=O) groups is 3. The third-order valence-electron chi connectivity index (χ3n) is 4.93. The van der Waals surface area contributed by atoms with Gasteiger partial charge in [-0.15, -0.1) is 0 Å². The van der Waals surface area contributed by atoms with E-state index in [9.17, 15) is 14.4 Å². The topological polar surface area (TPSA) is 54.5 Å². The van der Waals surface area contributed by atoms with Crippen LogP contribution in [0.1, 0.15) is 68.7 Å². The predicted molar refractivity (Wildman–Crippen MR) is 87.1 cm³/mol. The Morgan fingerprint density at radius 2 is 1.50 bits per heavy atom. The van der Waals surface area contributed by atoms with Gasteiger partial charge in [-0.05, 0) is 12.3 Å². The molecular weight excluding hydrogens is 278 g/mol. The maximum Gasteiger partial charge on any atom is 0.233 e. The summed E-state index contributed by atoms with van der Waals surface area (Å²) in [5, 5.41) is 0. The van der Waals surface area contributed by atoms with E-state index in [2.05, 4.69) is 0 Å². The van der Waals surface area contributed by atoms with Crippen molar-refractivity contribution in [2.75, 3.05) is 0 Å². The molecule has 1 aliphatic heterocycles. The van der Waals surface area contributed by atoms with E-state index in [1.54, 1.807) is 0 Å². The summed E-state index contributed by atoms with van der Waals surface area (Å²) in [6.45, 7) is 17.0.